The molecule has 2 unspecified atom stereocenters. The molecule has 1 fully saturated rings. The van der Waals surface area contributed by atoms with E-state index in [1.54, 1.807) is 21.3 Å². The lowest BCUT2D eigenvalue weighted by molar-refractivity contribution is 0.112. The fourth-order valence-electron chi connectivity index (χ4n) is 1.30. The number of hydrogen-bond acceptors (Lipinski definition) is 6. The Labute approximate surface area is 120 Å². The number of halogens is 1. The van der Waals surface area contributed by atoms with Crippen molar-refractivity contribution < 1.29 is 18.0 Å². The second kappa shape index (κ2) is 10.00. The predicted octanol–water partition coefficient (Wildman–Crippen LogP) is 1.91. The number of rotatable bonds is 7. The summed E-state index contributed by atoms with van der Waals surface area (Å²) in [5.74, 6) is 0.667. The monoisotopic (exact) mass is 313 g/mol. The van der Waals surface area contributed by atoms with Crippen LogP contribution in [-0.4, -0.2) is 59.6 Å². The van der Waals surface area contributed by atoms with Gasteiger partial charge < -0.3 is 18.0 Å². The number of isothiocyanates is 1. The van der Waals surface area contributed by atoms with Crippen molar-refractivity contribution in [3.05, 3.63) is 0 Å². The van der Waals surface area contributed by atoms with E-state index in [-0.39, 0.29) is 5.67 Å². The second-order valence-electron chi connectivity index (χ2n) is 3.47. The van der Waals surface area contributed by atoms with Gasteiger partial charge in [0.25, 0.3) is 0 Å². The highest BCUT2D eigenvalue weighted by Crippen LogP contribution is 2.17. The van der Waals surface area contributed by atoms with Crippen LogP contribution in [0.1, 0.15) is 13.3 Å². The van der Waals surface area contributed by atoms with Crippen molar-refractivity contribution in [1.29, 1.82) is 0 Å². The van der Waals surface area contributed by atoms with Crippen molar-refractivity contribution in [2.24, 2.45) is 4.99 Å². The van der Waals surface area contributed by atoms with Crippen LogP contribution in [0.25, 0.3) is 0 Å². The number of aliphatic imine (C=N–C) groups is 1. The lowest BCUT2D eigenvalue weighted by atomic mass is 10.5. The number of ether oxygens (including phenoxy) is 1. The van der Waals surface area contributed by atoms with Crippen LogP contribution in [0.2, 0.25) is 0 Å². The highest BCUT2D eigenvalue weighted by molar-refractivity contribution is 7.78. The minimum absolute atomic E-state index is 0.162. The molecule has 0 bridgehead atoms. The predicted molar refractivity (Wildman–Crippen MR) is 76.3 cm³/mol. The van der Waals surface area contributed by atoms with Crippen molar-refractivity contribution in [2.45, 2.75) is 25.1 Å². The van der Waals surface area contributed by atoms with E-state index in [1.165, 1.54) is 0 Å². The molecule has 1 aliphatic rings. The van der Waals surface area contributed by atoms with E-state index in [0.29, 0.717) is 12.0 Å². The van der Waals surface area contributed by atoms with Crippen molar-refractivity contribution in [2.75, 3.05) is 33.8 Å². The maximum Gasteiger partial charge on any atom is 0.526 e. The summed E-state index contributed by atoms with van der Waals surface area (Å²) in [5.41, 5.74) is -0.162. The Morgan fingerprint density at radius 2 is 1.94 bits per heavy atom. The van der Waals surface area contributed by atoms with Crippen molar-refractivity contribution >= 4 is 37.8 Å². The molecule has 1 aliphatic heterocycles. The fraction of sp³-hybridized carbons (Fsp3) is 0.900. The van der Waals surface area contributed by atoms with E-state index >= 15 is 0 Å². The summed E-state index contributed by atoms with van der Waals surface area (Å²) >= 11 is 9.82. The molecule has 1 rings (SSSR count). The molecule has 18 heavy (non-hydrogen) atoms. The molecule has 0 N–H and O–H groups in total. The number of thiocarbonyl (C=S) groups is 1. The molecule has 0 aromatic heterocycles. The molecular formula is C10H20ClNO4SSi. The normalized spacial score (nSPS) is 19.3. The topological polar surface area (TPSA) is 52.6 Å². The third-order valence-electron chi connectivity index (χ3n) is 2.43. The highest BCUT2D eigenvalue weighted by atomic mass is 35.5. The molecule has 0 saturated carbocycles. The third-order valence-corrected chi connectivity index (χ3v) is 5.94. The van der Waals surface area contributed by atoms with E-state index in [1.807, 2.05) is 6.92 Å². The molecule has 1 heterocycles. The Kier molecular flexibility index (Phi) is 10.1. The smallest absolute Gasteiger partial charge is 0.376 e. The van der Waals surface area contributed by atoms with Crippen LogP contribution in [0.3, 0.4) is 0 Å². The number of nitrogens with zero attached hydrogens (tertiary/aromatic N) is 1. The zero-order chi connectivity index (χ0) is 14.0. The van der Waals surface area contributed by atoms with Gasteiger partial charge in [0.2, 0.25) is 0 Å². The van der Waals surface area contributed by atoms with Gasteiger partial charge >= 0.3 is 8.80 Å². The molecule has 1 saturated heterocycles. The number of epoxide rings is 1. The Morgan fingerprint density at radius 1 is 1.44 bits per heavy atom. The Hall–Kier alpha value is 0.147. The first kappa shape index (κ1) is 18.1. The molecule has 0 amide bonds. The van der Waals surface area contributed by atoms with Crippen LogP contribution < -0.4 is 0 Å². The summed E-state index contributed by atoms with van der Waals surface area (Å²) in [6.07, 6.45) is 1.16. The van der Waals surface area contributed by atoms with Crippen molar-refractivity contribution in [3.8, 4) is 0 Å². The van der Waals surface area contributed by atoms with Crippen LogP contribution in [0.15, 0.2) is 4.99 Å². The molecule has 5 nitrogen and oxygen atoms in total. The van der Waals surface area contributed by atoms with E-state index in [0.717, 1.165) is 13.0 Å². The molecule has 0 aromatic carbocycles. The third kappa shape index (κ3) is 5.86. The molecule has 0 radical (unpaired) electrons. The zero-order valence-electron chi connectivity index (χ0n) is 11.1. The van der Waals surface area contributed by atoms with Gasteiger partial charge in [-0.15, -0.1) is 11.6 Å². The van der Waals surface area contributed by atoms with Gasteiger partial charge in [-0.2, -0.15) is 0 Å². The number of hydrogen-bond donors (Lipinski definition) is 0. The molecule has 106 valence electrons. The van der Waals surface area contributed by atoms with Gasteiger partial charge in [0.15, 0.2) is 0 Å². The van der Waals surface area contributed by atoms with Crippen LogP contribution in [0.4, 0.5) is 0 Å². The van der Waals surface area contributed by atoms with Crippen LogP contribution in [-0.2, 0) is 18.0 Å². The molecule has 0 aromatic rings. The van der Waals surface area contributed by atoms with Gasteiger partial charge in [-0.1, -0.05) is 6.92 Å². The Bertz CT molecular complexity index is 262. The SMILES string of the molecule is CCC(N=C=S)[Si](OC)(OC)OC.ClCC1CO1. The van der Waals surface area contributed by atoms with Crippen LogP contribution >= 0.6 is 23.8 Å². The van der Waals surface area contributed by atoms with Gasteiger partial charge in [-0.3, -0.25) is 0 Å². The molecule has 0 aliphatic carbocycles. The van der Waals surface area contributed by atoms with Gasteiger partial charge in [0.05, 0.1) is 23.8 Å². The lowest BCUT2D eigenvalue weighted by Crippen LogP contribution is -2.53. The maximum absolute atomic E-state index is 5.27. The van der Waals surface area contributed by atoms with Crippen molar-refractivity contribution in [1.82, 2.24) is 0 Å². The van der Waals surface area contributed by atoms with E-state index < -0.39 is 8.80 Å². The van der Waals surface area contributed by atoms with E-state index in [9.17, 15) is 0 Å². The maximum atomic E-state index is 5.27. The molecular weight excluding hydrogens is 294 g/mol. The van der Waals surface area contributed by atoms with Gasteiger partial charge in [-0.25, -0.2) is 4.99 Å². The first-order valence-electron chi connectivity index (χ1n) is 5.54. The summed E-state index contributed by atoms with van der Waals surface area (Å²) in [5, 5.41) is 2.33. The average molecular weight is 314 g/mol. The molecule has 8 heteroatoms. The highest BCUT2D eigenvalue weighted by Gasteiger charge is 2.46. The largest absolute Gasteiger partial charge is 0.526 e. The number of alkyl halides is 1. The van der Waals surface area contributed by atoms with E-state index in [4.69, 9.17) is 29.6 Å². The first-order chi connectivity index (χ1) is 8.63. The van der Waals surface area contributed by atoms with E-state index in [2.05, 4.69) is 22.4 Å². The summed E-state index contributed by atoms with van der Waals surface area (Å²) in [6.45, 7) is 2.85. The fourth-order valence-corrected chi connectivity index (χ4v) is 3.74. The van der Waals surface area contributed by atoms with Crippen LogP contribution in [0, 0.1) is 0 Å². The van der Waals surface area contributed by atoms with Crippen LogP contribution in [0.5, 0.6) is 0 Å². The zero-order valence-corrected chi connectivity index (χ0v) is 13.7. The molecule has 0 spiro atoms. The standard InChI is InChI=1S/C7H15NO3SSi.C3H5ClO/c1-5-7(8-6-12)13(9-2,10-3)11-4;4-1-3-2-5-3/h7H,5H2,1-4H3;3H,1-2H2. The van der Waals surface area contributed by atoms with Gasteiger partial charge in [-0.05, 0) is 18.6 Å². The first-order valence-corrected chi connectivity index (χ1v) is 8.28. The summed E-state index contributed by atoms with van der Waals surface area (Å²) in [7, 11) is 2.01. The summed E-state index contributed by atoms with van der Waals surface area (Å²) in [6, 6.07) is 0. The summed E-state index contributed by atoms with van der Waals surface area (Å²) in [4.78, 5) is 3.98. The minimum atomic E-state index is -2.66. The second-order valence-corrected chi connectivity index (χ2v) is 7.06. The van der Waals surface area contributed by atoms with Crippen molar-refractivity contribution in [3.63, 3.8) is 0 Å². The Balaban J connectivity index is 0.000000473. The average Bonchev–Trinajstić information content (AvgIpc) is 3.24. The summed E-state index contributed by atoms with van der Waals surface area (Å²) < 4.78 is 20.5. The lowest BCUT2D eigenvalue weighted by Gasteiger charge is -2.28. The van der Waals surface area contributed by atoms with Gasteiger partial charge in [0, 0.05) is 21.3 Å². The van der Waals surface area contributed by atoms with Gasteiger partial charge in [0.1, 0.15) is 5.67 Å². The quantitative estimate of drug-likeness (QED) is 0.236. The minimum Gasteiger partial charge on any atom is -0.376 e. The Morgan fingerprint density at radius 3 is 2.11 bits per heavy atom. The molecule has 2 atom stereocenters.